The third-order valence-corrected chi connectivity index (χ3v) is 4.62. The Labute approximate surface area is 145 Å². The minimum Gasteiger partial charge on any atom is -0.497 e. The molecular weight excluding hydrogens is 322 g/mol. The predicted molar refractivity (Wildman–Crippen MR) is 91.7 cm³/mol. The molecule has 0 aliphatic heterocycles. The fourth-order valence-electron chi connectivity index (χ4n) is 2.73. The molecule has 0 spiro atoms. The Hall–Kier alpha value is -2.83. The van der Waals surface area contributed by atoms with Gasteiger partial charge in [0.1, 0.15) is 5.75 Å². The van der Waals surface area contributed by atoms with Gasteiger partial charge in [-0.3, -0.25) is 9.48 Å². The molecule has 7 nitrogen and oxygen atoms in total. The van der Waals surface area contributed by atoms with Crippen molar-refractivity contribution in [1.29, 1.82) is 0 Å². The van der Waals surface area contributed by atoms with Crippen LogP contribution in [0.4, 0.5) is 5.69 Å². The molecule has 1 heterocycles. The Morgan fingerprint density at radius 2 is 2.00 bits per heavy atom. The van der Waals surface area contributed by atoms with Crippen molar-refractivity contribution >= 4 is 17.6 Å². The highest BCUT2D eigenvalue weighted by Gasteiger charge is 2.44. The maximum Gasteiger partial charge on any atom is 0.331 e. The van der Waals surface area contributed by atoms with Crippen LogP contribution in [-0.2, 0) is 15.1 Å². The second-order valence-corrected chi connectivity index (χ2v) is 6.75. The average molecular weight is 343 g/mol. The predicted octanol–water partition coefficient (Wildman–Crippen LogP) is 2.45. The number of carbonyl (C=O) groups excluding carboxylic acids is 1. The number of rotatable bonds is 6. The first-order valence-corrected chi connectivity index (χ1v) is 8.06. The lowest BCUT2D eigenvalue weighted by Gasteiger charge is -2.19. The van der Waals surface area contributed by atoms with Crippen LogP contribution >= 0.6 is 0 Å². The minimum atomic E-state index is -1.17. The normalized spacial score (nSPS) is 19.3. The molecular formula is C18H21N3O4. The fraction of sp³-hybridized carbons (Fsp3) is 0.389. The summed E-state index contributed by atoms with van der Waals surface area (Å²) in [6.07, 6.45) is 3.80. The van der Waals surface area contributed by atoms with E-state index in [1.54, 1.807) is 21.0 Å². The van der Waals surface area contributed by atoms with Crippen molar-refractivity contribution in [3.63, 3.8) is 0 Å². The lowest BCUT2D eigenvalue weighted by atomic mass is 10.1. The molecule has 0 radical (unpaired) electrons. The van der Waals surface area contributed by atoms with E-state index in [9.17, 15) is 14.7 Å². The first kappa shape index (κ1) is 17.0. The summed E-state index contributed by atoms with van der Waals surface area (Å²) in [6, 6.07) is 7.73. The van der Waals surface area contributed by atoms with Crippen LogP contribution in [0.3, 0.4) is 0 Å². The molecule has 1 saturated carbocycles. The van der Waals surface area contributed by atoms with E-state index in [1.807, 2.05) is 24.3 Å². The highest BCUT2D eigenvalue weighted by molar-refractivity contribution is 5.95. The number of aliphatic carboxylic acids is 1. The summed E-state index contributed by atoms with van der Waals surface area (Å²) in [5, 5.41) is 16.1. The number of carboxylic acid groups (broad SMARTS) is 1. The largest absolute Gasteiger partial charge is 0.497 e. The van der Waals surface area contributed by atoms with E-state index in [-0.39, 0.29) is 17.7 Å². The van der Waals surface area contributed by atoms with E-state index >= 15 is 0 Å². The molecule has 25 heavy (non-hydrogen) atoms. The van der Waals surface area contributed by atoms with Crippen molar-refractivity contribution in [2.45, 2.75) is 31.7 Å². The van der Waals surface area contributed by atoms with Crippen LogP contribution < -0.4 is 10.1 Å². The lowest BCUT2D eigenvalue weighted by Crippen LogP contribution is -2.35. The van der Waals surface area contributed by atoms with Gasteiger partial charge in [0.15, 0.2) is 5.54 Å². The molecule has 7 heteroatoms. The molecule has 1 aromatic carbocycles. The topological polar surface area (TPSA) is 93.5 Å². The smallest absolute Gasteiger partial charge is 0.331 e. The van der Waals surface area contributed by atoms with Gasteiger partial charge >= 0.3 is 5.97 Å². The van der Waals surface area contributed by atoms with Crippen LogP contribution in [0.5, 0.6) is 5.75 Å². The number of anilines is 1. The SMILES string of the molecule is COc1ccc([C@@H]2C[C@H]2C(=O)Nc2cnn(C(C)(C)C(=O)O)c2)cc1. The molecule has 1 fully saturated rings. The molecule has 2 N–H and O–H groups in total. The Bertz CT molecular complexity index is 795. The zero-order valence-corrected chi connectivity index (χ0v) is 14.4. The highest BCUT2D eigenvalue weighted by atomic mass is 16.5. The van der Waals surface area contributed by atoms with E-state index in [0.29, 0.717) is 5.69 Å². The second kappa shape index (κ2) is 6.23. The van der Waals surface area contributed by atoms with Crippen LogP contribution in [0.1, 0.15) is 31.7 Å². The van der Waals surface area contributed by atoms with Gasteiger partial charge in [0.25, 0.3) is 0 Å². The summed E-state index contributed by atoms with van der Waals surface area (Å²) in [5.74, 6) is -0.150. The number of benzene rings is 1. The standard InChI is InChI=1S/C18H21N3O4/c1-18(2,17(23)24)21-10-12(9-19-21)20-16(22)15-8-14(15)11-4-6-13(25-3)7-5-11/h4-7,9-10,14-15H,8H2,1-3H3,(H,20,22)(H,23,24)/t14-,15+/m0/s1. The molecule has 0 saturated heterocycles. The number of hydrogen-bond donors (Lipinski definition) is 2. The van der Waals surface area contributed by atoms with Crippen molar-refractivity contribution in [1.82, 2.24) is 9.78 Å². The van der Waals surface area contributed by atoms with Gasteiger partial charge in [0, 0.05) is 12.1 Å². The van der Waals surface area contributed by atoms with Crippen molar-refractivity contribution in [3.05, 3.63) is 42.2 Å². The molecule has 1 aliphatic rings. The fourth-order valence-corrected chi connectivity index (χ4v) is 2.73. The minimum absolute atomic E-state index is 0.0755. The summed E-state index contributed by atoms with van der Waals surface area (Å²) in [6.45, 7) is 3.10. The highest BCUT2D eigenvalue weighted by Crippen LogP contribution is 2.48. The van der Waals surface area contributed by atoms with Gasteiger partial charge in [-0.25, -0.2) is 4.79 Å². The zero-order valence-electron chi connectivity index (χ0n) is 14.4. The quantitative estimate of drug-likeness (QED) is 0.840. The van der Waals surface area contributed by atoms with Gasteiger partial charge < -0.3 is 15.2 Å². The number of hydrogen-bond acceptors (Lipinski definition) is 4. The van der Waals surface area contributed by atoms with E-state index < -0.39 is 11.5 Å². The number of nitrogens with zero attached hydrogens (tertiary/aromatic N) is 2. The third-order valence-electron chi connectivity index (χ3n) is 4.62. The molecule has 3 rings (SSSR count). The zero-order chi connectivity index (χ0) is 18.2. The van der Waals surface area contributed by atoms with Crippen LogP contribution in [0.25, 0.3) is 0 Å². The third kappa shape index (κ3) is 3.35. The Kier molecular flexibility index (Phi) is 4.24. The molecule has 1 aliphatic carbocycles. The maximum atomic E-state index is 12.4. The number of carboxylic acids is 1. The van der Waals surface area contributed by atoms with Gasteiger partial charge in [-0.15, -0.1) is 0 Å². The molecule has 0 bridgehead atoms. The monoisotopic (exact) mass is 343 g/mol. The van der Waals surface area contributed by atoms with E-state index in [0.717, 1.165) is 17.7 Å². The first-order chi connectivity index (χ1) is 11.8. The second-order valence-electron chi connectivity index (χ2n) is 6.75. The van der Waals surface area contributed by atoms with Gasteiger partial charge in [-0.2, -0.15) is 5.10 Å². The summed E-state index contributed by atoms with van der Waals surface area (Å²) < 4.78 is 6.47. The van der Waals surface area contributed by atoms with Crippen molar-refractivity contribution in [2.75, 3.05) is 12.4 Å². The summed E-state index contributed by atoms with van der Waals surface area (Å²) in [5.41, 5.74) is 0.442. The van der Waals surface area contributed by atoms with Gasteiger partial charge in [-0.05, 0) is 43.9 Å². The molecule has 2 atom stereocenters. The molecule has 132 valence electrons. The Balaban J connectivity index is 1.62. The Morgan fingerprint density at radius 3 is 2.60 bits per heavy atom. The number of ether oxygens (including phenoxy) is 1. The average Bonchev–Trinajstić information content (AvgIpc) is 3.26. The summed E-state index contributed by atoms with van der Waals surface area (Å²) in [7, 11) is 1.62. The molecule has 2 aromatic rings. The number of amides is 1. The Morgan fingerprint density at radius 1 is 1.32 bits per heavy atom. The number of nitrogens with one attached hydrogen (secondary N) is 1. The van der Waals surface area contributed by atoms with E-state index in [2.05, 4.69) is 10.4 Å². The first-order valence-electron chi connectivity index (χ1n) is 8.06. The van der Waals surface area contributed by atoms with Crippen LogP contribution in [0.15, 0.2) is 36.7 Å². The van der Waals surface area contributed by atoms with E-state index in [1.165, 1.54) is 17.1 Å². The summed E-state index contributed by atoms with van der Waals surface area (Å²) in [4.78, 5) is 23.6. The molecule has 1 amide bonds. The van der Waals surface area contributed by atoms with Crippen LogP contribution in [0, 0.1) is 5.92 Å². The molecule has 0 unspecified atom stereocenters. The lowest BCUT2D eigenvalue weighted by molar-refractivity contribution is -0.146. The number of methoxy groups -OCH3 is 1. The number of aromatic nitrogens is 2. The summed E-state index contributed by atoms with van der Waals surface area (Å²) >= 11 is 0. The van der Waals surface area contributed by atoms with E-state index in [4.69, 9.17) is 4.74 Å². The van der Waals surface area contributed by atoms with Crippen molar-refractivity contribution in [3.8, 4) is 5.75 Å². The maximum absolute atomic E-state index is 12.4. The number of carbonyl (C=O) groups is 2. The van der Waals surface area contributed by atoms with Crippen molar-refractivity contribution in [2.24, 2.45) is 5.92 Å². The van der Waals surface area contributed by atoms with Gasteiger partial charge in [0.2, 0.25) is 5.91 Å². The van der Waals surface area contributed by atoms with Crippen LogP contribution in [-0.4, -0.2) is 33.9 Å². The van der Waals surface area contributed by atoms with Gasteiger partial charge in [-0.1, -0.05) is 12.1 Å². The van der Waals surface area contributed by atoms with Crippen molar-refractivity contribution < 1.29 is 19.4 Å². The molecule has 1 aromatic heterocycles. The van der Waals surface area contributed by atoms with Crippen LogP contribution in [0.2, 0.25) is 0 Å². The van der Waals surface area contributed by atoms with Gasteiger partial charge in [0.05, 0.1) is 19.0 Å².